The molecule has 0 aromatic heterocycles. The second kappa shape index (κ2) is 3.72. The minimum absolute atomic E-state index is 0.0312. The fourth-order valence-electron chi connectivity index (χ4n) is 1.76. The van der Waals surface area contributed by atoms with Crippen LogP contribution >= 0.6 is 0 Å². The molecule has 4 nitrogen and oxygen atoms in total. The predicted octanol–water partition coefficient (Wildman–Crippen LogP) is 1.47. The first-order valence-electron chi connectivity index (χ1n) is 4.83. The zero-order valence-corrected chi connectivity index (χ0v) is 9.67. The molecule has 0 radical (unpaired) electrons. The van der Waals surface area contributed by atoms with E-state index in [1.807, 2.05) is 0 Å². The van der Waals surface area contributed by atoms with E-state index in [1.165, 1.54) is 6.92 Å². The smallest absolute Gasteiger partial charge is 0.270 e. The van der Waals surface area contributed by atoms with Crippen molar-refractivity contribution in [2.45, 2.75) is 17.8 Å². The van der Waals surface area contributed by atoms with Gasteiger partial charge < -0.3 is 4.74 Å². The monoisotopic (exact) mass is 264 g/mol. The van der Waals surface area contributed by atoms with Gasteiger partial charge in [-0.05, 0) is 13.0 Å². The molecule has 7 heteroatoms. The Morgan fingerprint density at radius 1 is 1.47 bits per heavy atom. The van der Waals surface area contributed by atoms with Crippen LogP contribution in [-0.2, 0) is 20.5 Å². The minimum Gasteiger partial charge on any atom is -0.363 e. The summed E-state index contributed by atoms with van der Waals surface area (Å²) in [5, 5.41) is -1.31. The second-order valence-corrected chi connectivity index (χ2v) is 5.70. The molecule has 17 heavy (non-hydrogen) atoms. The van der Waals surface area contributed by atoms with Gasteiger partial charge in [0.05, 0.1) is 6.61 Å². The van der Waals surface area contributed by atoms with Crippen LogP contribution < -0.4 is 0 Å². The van der Waals surface area contributed by atoms with Crippen LogP contribution in [0.2, 0.25) is 0 Å². The number of epoxide rings is 1. The molecule has 1 saturated heterocycles. The fourth-order valence-corrected chi connectivity index (χ4v) is 2.50. The van der Waals surface area contributed by atoms with Gasteiger partial charge in [-0.15, -0.1) is 0 Å². The van der Waals surface area contributed by atoms with Crippen LogP contribution in [-0.4, -0.2) is 24.8 Å². The van der Waals surface area contributed by atoms with Crippen molar-refractivity contribution in [2.24, 2.45) is 0 Å². The minimum atomic E-state index is -4.36. The fraction of sp³-hybridized carbons (Fsp3) is 0.400. The van der Waals surface area contributed by atoms with Crippen LogP contribution in [0.3, 0.4) is 0 Å². The summed E-state index contributed by atoms with van der Waals surface area (Å²) in [5.41, 5.74) is -1.48. The number of hydrogen-bond donors (Lipinski definition) is 1. The average molecular weight is 264 g/mol. The van der Waals surface area contributed by atoms with Gasteiger partial charge in [0.2, 0.25) is 0 Å². The molecule has 0 bridgehead atoms. The van der Waals surface area contributed by atoms with Gasteiger partial charge in [-0.1, -0.05) is 6.07 Å². The van der Waals surface area contributed by atoms with E-state index in [4.69, 9.17) is 9.29 Å². The molecule has 0 spiro atoms. The summed E-state index contributed by atoms with van der Waals surface area (Å²) in [6, 6.07) is 2.79. The SMILES string of the molecule is CC([C@@]1(c2ccc(F)cc2F)CO1)S(=O)(=O)O. The summed E-state index contributed by atoms with van der Waals surface area (Å²) in [7, 11) is -4.36. The molecule has 1 aromatic carbocycles. The van der Waals surface area contributed by atoms with E-state index in [0.717, 1.165) is 12.1 Å². The molecule has 1 aliphatic heterocycles. The van der Waals surface area contributed by atoms with E-state index in [0.29, 0.717) is 6.07 Å². The molecule has 2 atom stereocenters. The summed E-state index contributed by atoms with van der Waals surface area (Å²) >= 11 is 0. The molecule has 1 N–H and O–H groups in total. The van der Waals surface area contributed by atoms with Gasteiger partial charge in [-0.3, -0.25) is 4.55 Å². The van der Waals surface area contributed by atoms with Crippen LogP contribution in [0.15, 0.2) is 18.2 Å². The number of benzene rings is 1. The second-order valence-electron chi connectivity index (χ2n) is 3.96. The molecule has 0 saturated carbocycles. The zero-order chi connectivity index (χ0) is 12.8. The summed E-state index contributed by atoms with van der Waals surface area (Å²) in [5.74, 6) is -1.65. The molecule has 1 fully saturated rings. The van der Waals surface area contributed by atoms with Gasteiger partial charge in [-0.25, -0.2) is 8.78 Å². The Labute approximate surface area is 97.0 Å². The first-order chi connectivity index (χ1) is 7.77. The van der Waals surface area contributed by atoms with Crippen LogP contribution in [0.5, 0.6) is 0 Å². The van der Waals surface area contributed by atoms with Crippen molar-refractivity contribution in [3.63, 3.8) is 0 Å². The van der Waals surface area contributed by atoms with Crippen molar-refractivity contribution in [3.05, 3.63) is 35.4 Å². The lowest BCUT2D eigenvalue weighted by molar-refractivity contribution is 0.286. The van der Waals surface area contributed by atoms with Crippen molar-refractivity contribution in [3.8, 4) is 0 Å². The normalized spacial score (nSPS) is 25.6. The zero-order valence-electron chi connectivity index (χ0n) is 8.85. The highest BCUT2D eigenvalue weighted by Gasteiger charge is 2.57. The lowest BCUT2D eigenvalue weighted by atomic mass is 9.96. The van der Waals surface area contributed by atoms with Crippen molar-refractivity contribution >= 4 is 10.1 Å². The van der Waals surface area contributed by atoms with Crippen LogP contribution in [0.25, 0.3) is 0 Å². The summed E-state index contributed by atoms with van der Waals surface area (Å²) in [6.45, 7) is 1.18. The van der Waals surface area contributed by atoms with Gasteiger partial charge in [0.15, 0.2) is 0 Å². The number of hydrogen-bond acceptors (Lipinski definition) is 3. The Morgan fingerprint density at radius 2 is 2.06 bits per heavy atom. The molecule has 1 heterocycles. The molecule has 2 rings (SSSR count). The molecule has 0 amide bonds. The lowest BCUT2D eigenvalue weighted by Gasteiger charge is -2.18. The van der Waals surface area contributed by atoms with Crippen molar-refractivity contribution in [2.75, 3.05) is 6.61 Å². The van der Waals surface area contributed by atoms with Crippen molar-refractivity contribution in [1.82, 2.24) is 0 Å². The number of ether oxygens (including phenoxy) is 1. The first kappa shape index (κ1) is 12.4. The summed E-state index contributed by atoms with van der Waals surface area (Å²) in [6.07, 6.45) is 0. The Hall–Kier alpha value is -1.05. The molecule has 0 aliphatic carbocycles. The van der Waals surface area contributed by atoms with Crippen LogP contribution in [0.1, 0.15) is 12.5 Å². The Bertz CT molecular complexity index is 551. The molecular formula is C10H10F2O4S. The van der Waals surface area contributed by atoms with E-state index in [1.54, 1.807) is 0 Å². The maximum atomic E-state index is 13.5. The predicted molar refractivity (Wildman–Crippen MR) is 55.0 cm³/mol. The topological polar surface area (TPSA) is 66.9 Å². The van der Waals surface area contributed by atoms with E-state index in [2.05, 4.69) is 0 Å². The van der Waals surface area contributed by atoms with Crippen LogP contribution in [0.4, 0.5) is 8.78 Å². The van der Waals surface area contributed by atoms with Crippen molar-refractivity contribution < 1.29 is 26.5 Å². The molecule has 1 unspecified atom stereocenters. The molecule has 1 aliphatic rings. The lowest BCUT2D eigenvalue weighted by Crippen LogP contribution is -2.33. The van der Waals surface area contributed by atoms with Crippen molar-refractivity contribution in [1.29, 1.82) is 0 Å². The van der Waals surface area contributed by atoms with Gasteiger partial charge in [0.1, 0.15) is 22.5 Å². The average Bonchev–Trinajstić information content (AvgIpc) is 2.96. The highest BCUT2D eigenvalue weighted by Crippen LogP contribution is 2.45. The quantitative estimate of drug-likeness (QED) is 0.663. The van der Waals surface area contributed by atoms with E-state index in [-0.39, 0.29) is 12.2 Å². The first-order valence-corrected chi connectivity index (χ1v) is 6.33. The Morgan fingerprint density at radius 3 is 2.47 bits per heavy atom. The molecule has 1 aromatic rings. The maximum absolute atomic E-state index is 13.5. The van der Waals surface area contributed by atoms with E-state index in [9.17, 15) is 17.2 Å². The number of halogens is 2. The molecule has 94 valence electrons. The third kappa shape index (κ3) is 2.05. The Kier molecular flexibility index (Phi) is 2.72. The van der Waals surface area contributed by atoms with Gasteiger partial charge in [0, 0.05) is 11.6 Å². The van der Waals surface area contributed by atoms with Gasteiger partial charge in [-0.2, -0.15) is 8.42 Å². The van der Waals surface area contributed by atoms with E-state index < -0.39 is 32.6 Å². The van der Waals surface area contributed by atoms with Gasteiger partial charge in [0.25, 0.3) is 10.1 Å². The molecular weight excluding hydrogens is 254 g/mol. The highest BCUT2D eigenvalue weighted by atomic mass is 32.2. The summed E-state index contributed by atoms with van der Waals surface area (Å²) < 4.78 is 62.3. The standard InChI is InChI=1S/C10H10F2O4S/c1-6(17(13,14)15)10(5-16-10)8-3-2-7(11)4-9(8)12/h2-4,6H,5H2,1H3,(H,13,14,15)/t6?,10-/m1/s1. The third-order valence-corrected chi connectivity index (χ3v) is 4.22. The Balaban J connectivity index is 2.46. The summed E-state index contributed by atoms with van der Waals surface area (Å²) in [4.78, 5) is 0. The number of rotatable bonds is 3. The van der Waals surface area contributed by atoms with E-state index >= 15 is 0 Å². The largest absolute Gasteiger partial charge is 0.363 e. The van der Waals surface area contributed by atoms with Crippen LogP contribution in [0, 0.1) is 11.6 Å². The highest BCUT2D eigenvalue weighted by molar-refractivity contribution is 7.86. The maximum Gasteiger partial charge on any atom is 0.270 e. The van der Waals surface area contributed by atoms with Gasteiger partial charge >= 0.3 is 0 Å². The third-order valence-electron chi connectivity index (χ3n) is 2.95.